The van der Waals surface area contributed by atoms with Crippen LogP contribution in [0.25, 0.3) is 0 Å². The highest BCUT2D eigenvalue weighted by molar-refractivity contribution is 7.89. The van der Waals surface area contributed by atoms with Crippen molar-refractivity contribution in [2.45, 2.75) is 24.2 Å². The van der Waals surface area contributed by atoms with Gasteiger partial charge in [0.15, 0.2) is 5.78 Å². The molecular weight excluding hydrogens is 426 g/mol. The molecule has 0 fully saturated rings. The molecule has 3 rings (SSSR count). The number of pyridine rings is 1. The van der Waals surface area contributed by atoms with Crippen molar-refractivity contribution < 1.29 is 18.0 Å². The van der Waals surface area contributed by atoms with Gasteiger partial charge in [0.25, 0.3) is 0 Å². The monoisotopic (exact) mass is 445 g/mol. The number of Topliss-reactive ketones (excluding diaryl/α,β-unsaturated/α-hetero) is 1. The van der Waals surface area contributed by atoms with E-state index < -0.39 is 27.1 Å². The number of amides is 1. The summed E-state index contributed by atoms with van der Waals surface area (Å²) in [7, 11) is -4.07. The smallest absolute Gasteiger partial charge is 0.239 e. The van der Waals surface area contributed by atoms with Crippen molar-refractivity contribution in [3.63, 3.8) is 0 Å². The van der Waals surface area contributed by atoms with Gasteiger partial charge in [0.1, 0.15) is 4.90 Å². The van der Waals surface area contributed by atoms with E-state index in [2.05, 4.69) is 4.98 Å². The molecule has 0 bridgehead atoms. The average molecular weight is 446 g/mol. The number of benzene rings is 1. The summed E-state index contributed by atoms with van der Waals surface area (Å²) in [5, 5.41) is 5.08. The molecule has 1 heterocycles. The van der Waals surface area contributed by atoms with E-state index >= 15 is 0 Å². The Hall–Kier alpha value is -2.81. The summed E-state index contributed by atoms with van der Waals surface area (Å²) in [6.07, 6.45) is 7.76. The minimum Gasteiger partial charge on any atom is -0.369 e. The van der Waals surface area contributed by atoms with Gasteiger partial charge in [-0.2, -0.15) is 0 Å². The van der Waals surface area contributed by atoms with Crippen molar-refractivity contribution in [1.82, 2.24) is 4.98 Å². The zero-order chi connectivity index (χ0) is 21.9. The molecule has 1 aliphatic rings. The van der Waals surface area contributed by atoms with E-state index in [0.717, 1.165) is 11.8 Å². The van der Waals surface area contributed by atoms with Gasteiger partial charge in [0.2, 0.25) is 15.9 Å². The Morgan fingerprint density at radius 1 is 1.20 bits per heavy atom. The average Bonchev–Trinajstić information content (AvgIpc) is 2.72. The number of allylic oxidation sites excluding steroid dienone is 3. The number of carbonyl (C=O) groups excluding carboxylic acids is 2. The summed E-state index contributed by atoms with van der Waals surface area (Å²) >= 11 is 5.87. The fraction of sp³-hybridized carbons (Fsp3) is 0.190. The van der Waals surface area contributed by atoms with E-state index in [1.807, 2.05) is 18.2 Å². The fourth-order valence-corrected chi connectivity index (χ4v) is 4.33. The molecule has 1 aromatic heterocycles. The Morgan fingerprint density at radius 2 is 1.97 bits per heavy atom. The molecule has 1 atom stereocenters. The molecule has 156 valence electrons. The van der Waals surface area contributed by atoms with Gasteiger partial charge in [-0.15, -0.1) is 0 Å². The van der Waals surface area contributed by atoms with Gasteiger partial charge in [0.05, 0.1) is 10.4 Å². The molecule has 7 nitrogen and oxygen atoms in total. The number of primary sulfonamides is 1. The maximum Gasteiger partial charge on any atom is 0.239 e. The SMILES string of the molecule is NC(=O)C1(CCc2ccccn2)C=CC(C(=O)c2ccc(Cl)c(S(N)(=O)=O)c2)=CC1. The molecule has 2 aromatic rings. The first-order valence-corrected chi connectivity index (χ1v) is 11.0. The molecule has 0 spiro atoms. The molecule has 1 aliphatic carbocycles. The van der Waals surface area contributed by atoms with E-state index in [1.165, 1.54) is 12.1 Å². The lowest BCUT2D eigenvalue weighted by Crippen LogP contribution is -2.37. The lowest BCUT2D eigenvalue weighted by molar-refractivity contribution is -0.125. The number of nitrogens with zero attached hydrogens (tertiary/aromatic N) is 1. The van der Waals surface area contributed by atoms with E-state index in [0.29, 0.717) is 18.4 Å². The Kier molecular flexibility index (Phi) is 6.21. The second kappa shape index (κ2) is 8.51. The third kappa shape index (κ3) is 4.67. The third-order valence-corrected chi connectivity index (χ3v) is 6.47. The molecule has 1 unspecified atom stereocenters. The number of aromatic nitrogens is 1. The molecule has 4 N–H and O–H groups in total. The quantitative estimate of drug-likeness (QED) is 0.631. The number of aryl methyl sites for hydroxylation is 1. The highest BCUT2D eigenvalue weighted by atomic mass is 35.5. The predicted octanol–water partition coefficient (Wildman–Crippen LogP) is 2.56. The number of halogens is 1. The van der Waals surface area contributed by atoms with Crippen LogP contribution < -0.4 is 10.9 Å². The second-order valence-corrected chi connectivity index (χ2v) is 8.99. The molecule has 0 aliphatic heterocycles. The van der Waals surface area contributed by atoms with Crippen LogP contribution in [0, 0.1) is 5.41 Å². The van der Waals surface area contributed by atoms with Crippen molar-refractivity contribution in [3.05, 3.63) is 82.7 Å². The number of nitrogens with two attached hydrogens (primary N) is 2. The fourth-order valence-electron chi connectivity index (χ4n) is 3.26. The summed E-state index contributed by atoms with van der Waals surface area (Å²) in [4.78, 5) is 28.9. The lowest BCUT2D eigenvalue weighted by Gasteiger charge is -2.29. The normalized spacial score (nSPS) is 18.7. The first kappa shape index (κ1) is 21.9. The third-order valence-electron chi connectivity index (χ3n) is 5.07. The van der Waals surface area contributed by atoms with Gasteiger partial charge in [-0.05, 0) is 49.6 Å². The van der Waals surface area contributed by atoms with Crippen LogP contribution in [0.2, 0.25) is 5.02 Å². The molecule has 0 saturated carbocycles. The van der Waals surface area contributed by atoms with Crippen molar-refractivity contribution >= 4 is 33.3 Å². The van der Waals surface area contributed by atoms with E-state index in [4.69, 9.17) is 22.5 Å². The van der Waals surface area contributed by atoms with Gasteiger partial charge in [0, 0.05) is 23.0 Å². The predicted molar refractivity (Wildman–Crippen MR) is 113 cm³/mol. The molecule has 1 aromatic carbocycles. The molecule has 0 saturated heterocycles. The Morgan fingerprint density at radius 3 is 2.53 bits per heavy atom. The highest BCUT2D eigenvalue weighted by Gasteiger charge is 2.35. The minimum absolute atomic E-state index is 0.0653. The van der Waals surface area contributed by atoms with E-state index in [-0.39, 0.29) is 21.9 Å². The van der Waals surface area contributed by atoms with Gasteiger partial charge >= 0.3 is 0 Å². The first-order valence-electron chi connectivity index (χ1n) is 9.09. The Balaban J connectivity index is 1.81. The van der Waals surface area contributed by atoms with Crippen molar-refractivity contribution in [2.75, 3.05) is 0 Å². The summed E-state index contributed by atoms with van der Waals surface area (Å²) in [6, 6.07) is 9.43. The number of sulfonamides is 1. The largest absolute Gasteiger partial charge is 0.369 e. The maximum atomic E-state index is 12.8. The van der Waals surface area contributed by atoms with E-state index in [9.17, 15) is 18.0 Å². The van der Waals surface area contributed by atoms with Crippen LogP contribution in [-0.4, -0.2) is 25.1 Å². The van der Waals surface area contributed by atoms with Crippen LogP contribution in [0.3, 0.4) is 0 Å². The minimum atomic E-state index is -4.07. The van der Waals surface area contributed by atoms with Crippen LogP contribution in [0.15, 0.2) is 71.3 Å². The molecular formula is C21H20ClN3O4S. The molecule has 30 heavy (non-hydrogen) atoms. The topological polar surface area (TPSA) is 133 Å². The zero-order valence-corrected chi connectivity index (χ0v) is 17.5. The summed E-state index contributed by atoms with van der Waals surface area (Å²) in [5.41, 5.74) is 6.03. The Labute approximate surface area is 179 Å². The van der Waals surface area contributed by atoms with Gasteiger partial charge in [-0.1, -0.05) is 35.9 Å². The van der Waals surface area contributed by atoms with Crippen molar-refractivity contribution in [1.29, 1.82) is 0 Å². The van der Waals surface area contributed by atoms with Gasteiger partial charge < -0.3 is 5.73 Å². The van der Waals surface area contributed by atoms with E-state index in [1.54, 1.807) is 24.4 Å². The summed E-state index contributed by atoms with van der Waals surface area (Å²) in [6.45, 7) is 0. The molecule has 9 heteroatoms. The van der Waals surface area contributed by atoms with Crippen molar-refractivity contribution in [2.24, 2.45) is 16.3 Å². The number of carbonyl (C=O) groups is 2. The number of hydrogen-bond acceptors (Lipinski definition) is 5. The molecule has 1 amide bonds. The first-order chi connectivity index (χ1) is 14.1. The number of ketones is 1. The highest BCUT2D eigenvalue weighted by Crippen LogP contribution is 2.35. The Bertz CT molecular complexity index is 1160. The van der Waals surface area contributed by atoms with Crippen molar-refractivity contribution in [3.8, 4) is 0 Å². The number of hydrogen-bond donors (Lipinski definition) is 2. The number of rotatable bonds is 7. The summed E-state index contributed by atoms with van der Waals surface area (Å²) < 4.78 is 23.3. The van der Waals surface area contributed by atoms with Crippen LogP contribution >= 0.6 is 11.6 Å². The van der Waals surface area contributed by atoms with Crippen LogP contribution in [0.1, 0.15) is 28.9 Å². The lowest BCUT2D eigenvalue weighted by atomic mass is 9.75. The van der Waals surface area contributed by atoms with Gasteiger partial charge in [-0.25, -0.2) is 13.6 Å². The standard InChI is InChI=1S/C21H20ClN3O4S/c22-17-5-4-15(13-18(17)30(24,28)29)19(26)14-6-9-21(10-7-14,20(23)27)11-8-16-3-1-2-12-25-16/h1-7,9,12-13H,8,10-11H2,(H2,23,27)(H2,24,28,29). The van der Waals surface area contributed by atoms with Crippen LogP contribution in [0.5, 0.6) is 0 Å². The van der Waals surface area contributed by atoms with Gasteiger partial charge in [-0.3, -0.25) is 14.6 Å². The zero-order valence-electron chi connectivity index (χ0n) is 15.9. The van der Waals surface area contributed by atoms with Crippen LogP contribution in [0.4, 0.5) is 0 Å². The maximum absolute atomic E-state index is 12.8. The second-order valence-electron chi connectivity index (χ2n) is 7.06. The summed E-state index contributed by atoms with van der Waals surface area (Å²) in [5.74, 6) is -0.893. The van der Waals surface area contributed by atoms with Crippen LogP contribution in [-0.2, 0) is 21.2 Å². The number of primary amides is 1. The molecule has 0 radical (unpaired) electrons.